The van der Waals surface area contributed by atoms with Crippen molar-refractivity contribution < 1.29 is 9.15 Å². The minimum absolute atomic E-state index is 0.136. The van der Waals surface area contributed by atoms with Crippen LogP contribution in [0.4, 0.5) is 0 Å². The third-order valence-corrected chi connectivity index (χ3v) is 5.85. The molecule has 106 valence electrons. The summed E-state index contributed by atoms with van der Waals surface area (Å²) in [6, 6.07) is 2.64. The first-order valence-electron chi connectivity index (χ1n) is 6.73. The summed E-state index contributed by atoms with van der Waals surface area (Å²) < 4.78 is 13.3. The number of nitrogens with zero attached hydrogens (tertiary/aromatic N) is 1. The molecule has 1 aliphatic heterocycles. The van der Waals surface area contributed by atoms with E-state index in [0.717, 1.165) is 28.1 Å². The molecule has 1 saturated heterocycles. The summed E-state index contributed by atoms with van der Waals surface area (Å²) in [5.41, 5.74) is 6.00. The predicted molar refractivity (Wildman–Crippen MR) is 80.0 cm³/mol. The summed E-state index contributed by atoms with van der Waals surface area (Å²) in [6.45, 7) is 2.29. The normalized spacial score (nSPS) is 29.4. The molecule has 2 N–H and O–H groups in total. The Bertz CT molecular complexity index is 432. The van der Waals surface area contributed by atoms with Crippen LogP contribution >= 0.6 is 31.9 Å². The van der Waals surface area contributed by atoms with Gasteiger partial charge in [-0.3, -0.25) is 4.90 Å². The van der Waals surface area contributed by atoms with Gasteiger partial charge in [-0.1, -0.05) is 0 Å². The highest BCUT2D eigenvalue weighted by molar-refractivity contribution is 9.13. The van der Waals surface area contributed by atoms with Crippen molar-refractivity contribution in [3.8, 4) is 0 Å². The molecule has 0 aromatic carbocycles. The first kappa shape index (κ1) is 14.1. The van der Waals surface area contributed by atoms with Crippen LogP contribution in [0.3, 0.4) is 0 Å². The van der Waals surface area contributed by atoms with Crippen LogP contribution in [0.25, 0.3) is 0 Å². The molecule has 3 unspecified atom stereocenters. The third kappa shape index (κ3) is 2.65. The van der Waals surface area contributed by atoms with Crippen LogP contribution in [-0.2, 0) is 4.74 Å². The van der Waals surface area contributed by atoms with Crippen molar-refractivity contribution in [2.24, 2.45) is 5.73 Å². The SMILES string of the molecule is NCC(c1cc(Br)c(Br)o1)N1CCOC2CCCC21. The quantitative estimate of drug-likeness (QED) is 0.857. The lowest BCUT2D eigenvalue weighted by molar-refractivity contribution is -0.0738. The molecule has 1 aliphatic carbocycles. The third-order valence-electron chi connectivity index (χ3n) is 4.14. The molecule has 3 atom stereocenters. The molecule has 0 spiro atoms. The minimum Gasteiger partial charge on any atom is -0.451 e. The molecule has 2 fully saturated rings. The fraction of sp³-hybridized carbons (Fsp3) is 0.692. The van der Waals surface area contributed by atoms with Gasteiger partial charge in [0.1, 0.15) is 5.76 Å². The van der Waals surface area contributed by atoms with Gasteiger partial charge >= 0.3 is 0 Å². The van der Waals surface area contributed by atoms with E-state index in [0.29, 0.717) is 18.7 Å². The Morgan fingerprint density at radius 2 is 2.26 bits per heavy atom. The largest absolute Gasteiger partial charge is 0.451 e. The number of fused-ring (bicyclic) bond motifs is 1. The highest BCUT2D eigenvalue weighted by Crippen LogP contribution is 2.37. The van der Waals surface area contributed by atoms with Crippen molar-refractivity contribution in [2.75, 3.05) is 19.7 Å². The van der Waals surface area contributed by atoms with Crippen LogP contribution in [0.15, 0.2) is 19.6 Å². The van der Waals surface area contributed by atoms with Crippen molar-refractivity contribution in [3.63, 3.8) is 0 Å². The van der Waals surface area contributed by atoms with Gasteiger partial charge in [0.15, 0.2) is 4.67 Å². The monoisotopic (exact) mass is 392 g/mol. The number of hydrogen-bond acceptors (Lipinski definition) is 4. The molecule has 3 rings (SSSR count). The van der Waals surface area contributed by atoms with E-state index in [9.17, 15) is 0 Å². The van der Waals surface area contributed by atoms with Gasteiger partial charge in [-0.25, -0.2) is 0 Å². The first-order valence-corrected chi connectivity index (χ1v) is 8.31. The van der Waals surface area contributed by atoms with Gasteiger partial charge in [-0.15, -0.1) is 0 Å². The van der Waals surface area contributed by atoms with E-state index < -0.39 is 0 Å². The second-order valence-corrected chi connectivity index (χ2v) is 6.74. The van der Waals surface area contributed by atoms with Crippen molar-refractivity contribution in [2.45, 2.75) is 37.5 Å². The zero-order chi connectivity index (χ0) is 13.4. The van der Waals surface area contributed by atoms with Crippen LogP contribution in [-0.4, -0.2) is 36.7 Å². The average Bonchev–Trinajstić information content (AvgIpc) is 2.99. The lowest BCUT2D eigenvalue weighted by atomic mass is 10.1. The second kappa shape index (κ2) is 5.85. The van der Waals surface area contributed by atoms with Gasteiger partial charge in [0.05, 0.1) is 23.2 Å². The smallest absolute Gasteiger partial charge is 0.183 e. The van der Waals surface area contributed by atoms with E-state index >= 15 is 0 Å². The van der Waals surface area contributed by atoms with Crippen molar-refractivity contribution in [1.29, 1.82) is 0 Å². The molecular weight excluding hydrogens is 376 g/mol. The van der Waals surface area contributed by atoms with Gasteiger partial charge in [-0.2, -0.15) is 0 Å². The van der Waals surface area contributed by atoms with Gasteiger partial charge in [0.2, 0.25) is 0 Å². The number of hydrogen-bond donors (Lipinski definition) is 1. The standard InChI is InChI=1S/C13H18Br2N2O2/c14-8-6-12(19-13(8)15)10(7-16)17-4-5-18-11-3-1-2-9(11)17/h6,9-11H,1-5,7,16H2. The Balaban J connectivity index is 1.84. The Labute approximate surface area is 129 Å². The summed E-state index contributed by atoms with van der Waals surface area (Å²) >= 11 is 6.87. The minimum atomic E-state index is 0.136. The zero-order valence-electron chi connectivity index (χ0n) is 10.6. The van der Waals surface area contributed by atoms with Gasteiger partial charge in [0, 0.05) is 19.1 Å². The summed E-state index contributed by atoms with van der Waals surface area (Å²) in [5, 5.41) is 0. The van der Waals surface area contributed by atoms with E-state index in [1.54, 1.807) is 0 Å². The van der Waals surface area contributed by atoms with Crippen molar-refractivity contribution in [1.82, 2.24) is 4.90 Å². The van der Waals surface area contributed by atoms with Crippen molar-refractivity contribution >= 4 is 31.9 Å². The first-order chi connectivity index (χ1) is 9.20. The van der Waals surface area contributed by atoms with Crippen LogP contribution in [0.5, 0.6) is 0 Å². The number of nitrogens with two attached hydrogens (primary N) is 1. The molecule has 0 bridgehead atoms. The van der Waals surface area contributed by atoms with E-state index in [1.165, 1.54) is 19.3 Å². The lowest BCUT2D eigenvalue weighted by Gasteiger charge is -2.41. The second-order valence-electron chi connectivity index (χ2n) is 5.17. The van der Waals surface area contributed by atoms with E-state index in [4.69, 9.17) is 14.9 Å². The zero-order valence-corrected chi connectivity index (χ0v) is 13.8. The molecule has 1 saturated carbocycles. The van der Waals surface area contributed by atoms with Crippen LogP contribution in [0.2, 0.25) is 0 Å². The molecule has 1 aromatic heterocycles. The maximum Gasteiger partial charge on any atom is 0.183 e. The van der Waals surface area contributed by atoms with Crippen molar-refractivity contribution in [3.05, 3.63) is 21.0 Å². The summed E-state index contributed by atoms with van der Waals surface area (Å²) in [4.78, 5) is 2.47. The molecule has 19 heavy (non-hydrogen) atoms. The highest BCUT2D eigenvalue weighted by Gasteiger charge is 2.40. The fourth-order valence-corrected chi connectivity index (χ4v) is 3.89. The van der Waals surface area contributed by atoms with Gasteiger partial charge in [-0.05, 0) is 57.2 Å². The van der Waals surface area contributed by atoms with Gasteiger partial charge < -0.3 is 14.9 Å². The highest BCUT2D eigenvalue weighted by atomic mass is 79.9. The fourth-order valence-electron chi connectivity index (χ4n) is 3.29. The summed E-state index contributed by atoms with van der Waals surface area (Å²) in [7, 11) is 0. The van der Waals surface area contributed by atoms with Gasteiger partial charge in [0.25, 0.3) is 0 Å². The molecule has 6 heteroatoms. The Morgan fingerprint density at radius 1 is 1.42 bits per heavy atom. The van der Waals surface area contributed by atoms with E-state index in [2.05, 4.69) is 36.8 Å². The topological polar surface area (TPSA) is 51.6 Å². The van der Waals surface area contributed by atoms with Crippen LogP contribution in [0.1, 0.15) is 31.1 Å². The van der Waals surface area contributed by atoms with E-state index in [1.807, 2.05) is 6.07 Å². The maximum absolute atomic E-state index is 6.00. The number of ether oxygens (including phenoxy) is 1. The molecule has 4 nitrogen and oxygen atoms in total. The predicted octanol–water partition coefficient (Wildman–Crippen LogP) is 3.06. The molecule has 1 aromatic rings. The summed E-state index contributed by atoms with van der Waals surface area (Å²) in [5.74, 6) is 0.925. The van der Waals surface area contributed by atoms with Crippen LogP contribution < -0.4 is 5.73 Å². The molecule has 0 amide bonds. The Hall–Kier alpha value is 0.120. The number of rotatable bonds is 3. The average molecular weight is 394 g/mol. The van der Waals surface area contributed by atoms with Crippen LogP contribution in [0, 0.1) is 0 Å². The number of morpholine rings is 1. The molecule has 2 heterocycles. The maximum atomic E-state index is 6.00. The Morgan fingerprint density at radius 3 is 2.95 bits per heavy atom. The number of halogens is 2. The van der Waals surface area contributed by atoms with E-state index in [-0.39, 0.29) is 6.04 Å². The number of furan rings is 1. The molecule has 0 radical (unpaired) electrons. The molecule has 2 aliphatic rings. The summed E-state index contributed by atoms with van der Waals surface area (Å²) in [6.07, 6.45) is 3.99. The molecular formula is C13H18Br2N2O2. The lowest BCUT2D eigenvalue weighted by Crippen LogP contribution is -2.51. The Kier molecular flexibility index (Phi) is 4.34.